The first-order valence-electron chi connectivity index (χ1n) is 7.71. The average molecular weight is 262 g/mol. The van der Waals surface area contributed by atoms with Gasteiger partial charge in [-0.3, -0.25) is 0 Å². The summed E-state index contributed by atoms with van der Waals surface area (Å²) in [6.07, 6.45) is 2.36. The van der Waals surface area contributed by atoms with Crippen LogP contribution in [0.2, 0.25) is 0 Å². The summed E-state index contributed by atoms with van der Waals surface area (Å²) in [5.74, 6) is 0. The third-order valence-corrected chi connectivity index (χ3v) is 3.68. The molecular weight excluding hydrogens is 232 g/mol. The summed E-state index contributed by atoms with van der Waals surface area (Å²) in [6, 6.07) is 11.9. The number of hydrogen-bond donors (Lipinski definition) is 1. The molecule has 0 spiro atoms. The van der Waals surface area contributed by atoms with Crippen LogP contribution in [0.5, 0.6) is 0 Å². The van der Waals surface area contributed by atoms with E-state index in [9.17, 15) is 0 Å². The summed E-state index contributed by atoms with van der Waals surface area (Å²) in [5, 5.41) is 3.68. The van der Waals surface area contributed by atoms with E-state index >= 15 is 0 Å². The quantitative estimate of drug-likeness (QED) is 0.727. The summed E-state index contributed by atoms with van der Waals surface area (Å²) in [4.78, 5) is 2.53. The predicted molar refractivity (Wildman–Crippen MR) is 84.5 cm³/mol. The average Bonchev–Trinajstić information content (AvgIpc) is 2.43. The zero-order chi connectivity index (χ0) is 14.1. The Balaban J connectivity index is 2.60. The van der Waals surface area contributed by atoms with Gasteiger partial charge in [-0.05, 0) is 45.3 Å². The minimum atomic E-state index is 0.481. The third-order valence-electron chi connectivity index (χ3n) is 3.68. The van der Waals surface area contributed by atoms with E-state index in [-0.39, 0.29) is 0 Å². The van der Waals surface area contributed by atoms with Crippen LogP contribution in [0, 0.1) is 0 Å². The van der Waals surface area contributed by atoms with Crippen LogP contribution in [0.25, 0.3) is 0 Å². The van der Waals surface area contributed by atoms with Gasteiger partial charge in [-0.15, -0.1) is 0 Å². The lowest BCUT2D eigenvalue weighted by molar-refractivity contribution is 0.220. The van der Waals surface area contributed by atoms with Crippen LogP contribution >= 0.6 is 0 Å². The lowest BCUT2D eigenvalue weighted by Crippen LogP contribution is -2.34. The first-order valence-corrected chi connectivity index (χ1v) is 7.71. The predicted octanol–water partition coefficient (Wildman–Crippen LogP) is 3.85. The van der Waals surface area contributed by atoms with E-state index in [0.29, 0.717) is 12.1 Å². The highest BCUT2D eigenvalue weighted by Gasteiger charge is 2.13. The highest BCUT2D eigenvalue weighted by atomic mass is 15.1. The first-order chi connectivity index (χ1) is 9.19. The molecule has 0 saturated carbocycles. The van der Waals surface area contributed by atoms with E-state index in [1.54, 1.807) is 0 Å². The molecule has 1 N–H and O–H groups in total. The summed E-state index contributed by atoms with van der Waals surface area (Å²) < 4.78 is 0. The molecule has 0 bridgehead atoms. The lowest BCUT2D eigenvalue weighted by Gasteiger charge is -2.28. The Kier molecular flexibility index (Phi) is 7.76. The number of rotatable bonds is 9. The molecule has 0 saturated heterocycles. The van der Waals surface area contributed by atoms with Crippen LogP contribution < -0.4 is 5.32 Å². The zero-order valence-electron chi connectivity index (χ0n) is 13.0. The Labute approximate surface area is 119 Å². The molecule has 1 atom stereocenters. The maximum atomic E-state index is 3.68. The highest BCUT2D eigenvalue weighted by Crippen LogP contribution is 2.17. The van der Waals surface area contributed by atoms with Gasteiger partial charge in [0.15, 0.2) is 0 Å². The molecule has 0 aliphatic rings. The van der Waals surface area contributed by atoms with Gasteiger partial charge in [0, 0.05) is 18.6 Å². The maximum Gasteiger partial charge on any atom is 0.0332 e. The molecule has 108 valence electrons. The molecular formula is C17H30N2. The summed E-state index contributed by atoms with van der Waals surface area (Å²) >= 11 is 0. The van der Waals surface area contributed by atoms with Crippen LogP contribution in [-0.4, -0.2) is 30.6 Å². The van der Waals surface area contributed by atoms with E-state index in [2.05, 4.69) is 68.2 Å². The second kappa shape index (κ2) is 9.11. The van der Waals surface area contributed by atoms with Crippen LogP contribution in [0.3, 0.4) is 0 Å². The SMILES string of the molecule is CCCNC(CCN(CC)C(C)C)c1ccccc1. The van der Waals surface area contributed by atoms with Gasteiger partial charge in [0.2, 0.25) is 0 Å². The van der Waals surface area contributed by atoms with Gasteiger partial charge >= 0.3 is 0 Å². The van der Waals surface area contributed by atoms with E-state index < -0.39 is 0 Å². The molecule has 19 heavy (non-hydrogen) atoms. The second-order valence-electron chi connectivity index (χ2n) is 5.43. The Bertz CT molecular complexity index is 321. The van der Waals surface area contributed by atoms with Crippen LogP contribution in [-0.2, 0) is 0 Å². The number of hydrogen-bond acceptors (Lipinski definition) is 2. The van der Waals surface area contributed by atoms with Crippen molar-refractivity contribution in [2.45, 2.75) is 52.6 Å². The highest BCUT2D eigenvalue weighted by molar-refractivity contribution is 5.18. The van der Waals surface area contributed by atoms with Crippen molar-refractivity contribution in [1.82, 2.24) is 10.2 Å². The van der Waals surface area contributed by atoms with Crippen molar-refractivity contribution in [2.75, 3.05) is 19.6 Å². The summed E-state index contributed by atoms with van der Waals surface area (Å²) in [7, 11) is 0. The van der Waals surface area contributed by atoms with Gasteiger partial charge in [-0.25, -0.2) is 0 Å². The largest absolute Gasteiger partial charge is 0.310 e. The first kappa shape index (κ1) is 16.2. The minimum Gasteiger partial charge on any atom is -0.310 e. The number of nitrogens with zero attached hydrogens (tertiary/aromatic N) is 1. The Hall–Kier alpha value is -0.860. The van der Waals surface area contributed by atoms with Crippen molar-refractivity contribution >= 4 is 0 Å². The van der Waals surface area contributed by atoms with Crippen LogP contribution in [0.1, 0.15) is 52.1 Å². The zero-order valence-corrected chi connectivity index (χ0v) is 13.0. The summed E-state index contributed by atoms with van der Waals surface area (Å²) in [6.45, 7) is 12.4. The Morgan fingerprint density at radius 2 is 1.79 bits per heavy atom. The van der Waals surface area contributed by atoms with Gasteiger partial charge < -0.3 is 10.2 Å². The van der Waals surface area contributed by atoms with Crippen molar-refractivity contribution in [2.24, 2.45) is 0 Å². The van der Waals surface area contributed by atoms with Crippen molar-refractivity contribution in [3.05, 3.63) is 35.9 Å². The number of benzene rings is 1. The number of nitrogens with one attached hydrogen (secondary N) is 1. The molecule has 1 rings (SSSR count). The minimum absolute atomic E-state index is 0.481. The molecule has 0 aliphatic heterocycles. The fraction of sp³-hybridized carbons (Fsp3) is 0.647. The molecule has 1 unspecified atom stereocenters. The fourth-order valence-electron chi connectivity index (χ4n) is 2.47. The molecule has 0 aromatic heterocycles. The lowest BCUT2D eigenvalue weighted by atomic mass is 10.0. The Morgan fingerprint density at radius 1 is 1.11 bits per heavy atom. The molecule has 2 heteroatoms. The monoisotopic (exact) mass is 262 g/mol. The van der Waals surface area contributed by atoms with Gasteiger partial charge in [-0.1, -0.05) is 44.2 Å². The molecule has 0 radical (unpaired) electrons. The fourth-order valence-corrected chi connectivity index (χ4v) is 2.47. The van der Waals surface area contributed by atoms with Crippen LogP contribution in [0.4, 0.5) is 0 Å². The molecule has 0 aliphatic carbocycles. The van der Waals surface area contributed by atoms with Gasteiger partial charge in [0.05, 0.1) is 0 Å². The summed E-state index contributed by atoms with van der Waals surface area (Å²) in [5.41, 5.74) is 1.41. The van der Waals surface area contributed by atoms with E-state index in [1.807, 2.05) is 0 Å². The second-order valence-corrected chi connectivity index (χ2v) is 5.43. The van der Waals surface area contributed by atoms with E-state index in [1.165, 1.54) is 18.4 Å². The van der Waals surface area contributed by atoms with Gasteiger partial charge in [0.1, 0.15) is 0 Å². The third kappa shape index (κ3) is 5.75. The Morgan fingerprint density at radius 3 is 2.32 bits per heavy atom. The molecule has 2 nitrogen and oxygen atoms in total. The van der Waals surface area contributed by atoms with E-state index in [0.717, 1.165) is 19.6 Å². The normalized spacial score (nSPS) is 13.2. The molecule has 1 aromatic rings. The topological polar surface area (TPSA) is 15.3 Å². The van der Waals surface area contributed by atoms with Crippen molar-refractivity contribution in [3.8, 4) is 0 Å². The van der Waals surface area contributed by atoms with Crippen LogP contribution in [0.15, 0.2) is 30.3 Å². The molecule has 1 aromatic carbocycles. The smallest absolute Gasteiger partial charge is 0.0332 e. The molecule has 0 heterocycles. The van der Waals surface area contributed by atoms with Crippen molar-refractivity contribution in [1.29, 1.82) is 0 Å². The van der Waals surface area contributed by atoms with Gasteiger partial charge in [0.25, 0.3) is 0 Å². The van der Waals surface area contributed by atoms with Gasteiger partial charge in [-0.2, -0.15) is 0 Å². The van der Waals surface area contributed by atoms with E-state index in [4.69, 9.17) is 0 Å². The standard InChI is InChI=1S/C17H30N2/c1-5-13-18-17(16-10-8-7-9-11-16)12-14-19(6-2)15(3)4/h7-11,15,17-18H,5-6,12-14H2,1-4H3. The molecule has 0 amide bonds. The van der Waals surface area contributed by atoms with Crippen molar-refractivity contribution in [3.63, 3.8) is 0 Å². The maximum absolute atomic E-state index is 3.68. The molecule has 0 fully saturated rings. The van der Waals surface area contributed by atoms with Crippen molar-refractivity contribution < 1.29 is 0 Å².